The molecule has 0 amide bonds. The Bertz CT molecular complexity index is 195. The van der Waals surface area contributed by atoms with E-state index in [1.54, 1.807) is 0 Å². The summed E-state index contributed by atoms with van der Waals surface area (Å²) in [6, 6.07) is 0. The Kier molecular flexibility index (Phi) is 5.68. The smallest absolute Gasteiger partial charge is 0.152 e. The van der Waals surface area contributed by atoms with Crippen molar-refractivity contribution in [1.82, 2.24) is 0 Å². The Balaban J connectivity index is 3.92. The molecule has 0 saturated heterocycles. The second-order valence-electron chi connectivity index (χ2n) is 2.14. The molecule has 2 N–H and O–H groups in total. The molecule has 0 spiro atoms. The minimum absolute atomic E-state index is 0.0245. The van der Waals surface area contributed by atoms with E-state index in [-0.39, 0.29) is 22.2 Å². The van der Waals surface area contributed by atoms with Crippen LogP contribution in [0, 0.1) is 0 Å². The topological polar surface area (TPSA) is 60.2 Å². The summed E-state index contributed by atoms with van der Waals surface area (Å²) >= 11 is 8.42. The van der Waals surface area contributed by atoms with Gasteiger partial charge < -0.3 is 5.73 Å². The van der Waals surface area contributed by atoms with Gasteiger partial charge in [-0.05, 0) is 0 Å². The summed E-state index contributed by atoms with van der Waals surface area (Å²) < 4.78 is 22.1. The average molecular weight is 265 g/mol. The molecule has 0 heterocycles. The van der Waals surface area contributed by atoms with Crippen molar-refractivity contribution in [3.05, 3.63) is 0 Å². The third kappa shape index (κ3) is 5.90. The lowest BCUT2D eigenvalue weighted by Gasteiger charge is -2.05. The molecule has 0 aliphatic heterocycles. The molecule has 68 valence electrons. The molecule has 0 aliphatic carbocycles. The molecule has 11 heavy (non-hydrogen) atoms. The van der Waals surface area contributed by atoms with Crippen molar-refractivity contribution in [3.8, 4) is 0 Å². The molecular weight excluding hydrogens is 253 g/mol. The average Bonchev–Trinajstić information content (AvgIpc) is 1.86. The first-order valence-electron chi connectivity index (χ1n) is 3.12. The minimum atomic E-state index is -3.00. The molecular formula is C5H11BrClNO2S. The van der Waals surface area contributed by atoms with Crippen LogP contribution in [0.1, 0.15) is 0 Å². The molecule has 0 rings (SSSR count). The number of hydrogen-bond acceptors (Lipinski definition) is 3. The summed E-state index contributed by atoms with van der Waals surface area (Å²) in [4.78, 5) is -0.157. The largest absolute Gasteiger partial charge is 0.329 e. The Morgan fingerprint density at radius 3 is 2.45 bits per heavy atom. The van der Waals surface area contributed by atoms with E-state index in [0.717, 1.165) is 0 Å². The van der Waals surface area contributed by atoms with Crippen LogP contribution in [0.4, 0.5) is 0 Å². The second kappa shape index (κ2) is 5.35. The van der Waals surface area contributed by atoms with Gasteiger partial charge in [-0.3, -0.25) is 0 Å². The Hall–Kier alpha value is 0.680. The van der Waals surface area contributed by atoms with Crippen molar-refractivity contribution < 1.29 is 8.42 Å². The van der Waals surface area contributed by atoms with Gasteiger partial charge in [0, 0.05) is 17.3 Å². The van der Waals surface area contributed by atoms with Gasteiger partial charge in [0.2, 0.25) is 0 Å². The van der Waals surface area contributed by atoms with Crippen molar-refractivity contribution >= 4 is 37.4 Å². The van der Waals surface area contributed by atoms with Crippen LogP contribution in [-0.4, -0.2) is 37.2 Å². The minimum Gasteiger partial charge on any atom is -0.329 e. The molecule has 0 bridgehead atoms. The standard InChI is InChI=1S/C5H11BrClNO2S/c6-5(3-8)4-11(9,10)2-1-7/h5H,1-4,8H2. The number of halogens is 2. The molecule has 0 aliphatic rings. The predicted molar refractivity (Wildman–Crippen MR) is 51.1 cm³/mol. The zero-order chi connectivity index (χ0) is 8.91. The van der Waals surface area contributed by atoms with Crippen LogP contribution >= 0.6 is 27.5 Å². The third-order valence-electron chi connectivity index (χ3n) is 1.08. The number of alkyl halides is 2. The van der Waals surface area contributed by atoms with Crippen LogP contribution in [-0.2, 0) is 9.84 Å². The molecule has 0 fully saturated rings. The summed E-state index contributed by atoms with van der Waals surface area (Å²) in [5.74, 6) is 0.236. The van der Waals surface area contributed by atoms with Gasteiger partial charge in [0.1, 0.15) is 0 Å². The highest BCUT2D eigenvalue weighted by molar-refractivity contribution is 9.09. The van der Waals surface area contributed by atoms with Crippen molar-refractivity contribution in [1.29, 1.82) is 0 Å². The van der Waals surface area contributed by atoms with E-state index in [1.807, 2.05) is 0 Å². The molecule has 0 radical (unpaired) electrons. The maximum absolute atomic E-state index is 11.0. The van der Waals surface area contributed by atoms with Gasteiger partial charge in [-0.1, -0.05) is 15.9 Å². The number of rotatable bonds is 5. The lowest BCUT2D eigenvalue weighted by molar-refractivity contribution is 0.596. The van der Waals surface area contributed by atoms with E-state index in [4.69, 9.17) is 17.3 Å². The first kappa shape index (κ1) is 11.7. The van der Waals surface area contributed by atoms with Crippen molar-refractivity contribution in [2.75, 3.05) is 23.9 Å². The van der Waals surface area contributed by atoms with E-state index < -0.39 is 9.84 Å². The van der Waals surface area contributed by atoms with Crippen LogP contribution in [0.2, 0.25) is 0 Å². The van der Waals surface area contributed by atoms with Gasteiger partial charge in [-0.2, -0.15) is 0 Å². The number of hydrogen-bond donors (Lipinski definition) is 1. The van der Waals surface area contributed by atoms with Crippen molar-refractivity contribution in [2.45, 2.75) is 4.83 Å². The SMILES string of the molecule is NCC(Br)CS(=O)(=O)CCCl. The van der Waals surface area contributed by atoms with E-state index in [0.29, 0.717) is 6.54 Å². The fourth-order valence-corrected chi connectivity index (χ4v) is 3.55. The van der Waals surface area contributed by atoms with Crippen LogP contribution in [0.3, 0.4) is 0 Å². The van der Waals surface area contributed by atoms with Crippen molar-refractivity contribution in [2.24, 2.45) is 5.73 Å². The van der Waals surface area contributed by atoms with E-state index >= 15 is 0 Å². The van der Waals surface area contributed by atoms with Gasteiger partial charge in [0.05, 0.1) is 11.5 Å². The fraction of sp³-hybridized carbons (Fsp3) is 1.00. The molecule has 0 aromatic heterocycles. The highest BCUT2D eigenvalue weighted by atomic mass is 79.9. The normalized spacial score (nSPS) is 14.8. The molecule has 6 heteroatoms. The van der Waals surface area contributed by atoms with Crippen LogP contribution in [0.5, 0.6) is 0 Å². The summed E-state index contributed by atoms with van der Waals surface area (Å²) in [6.45, 7) is 0.321. The molecule has 0 saturated carbocycles. The van der Waals surface area contributed by atoms with Crippen LogP contribution in [0.15, 0.2) is 0 Å². The van der Waals surface area contributed by atoms with Gasteiger partial charge in [-0.25, -0.2) is 8.42 Å². The summed E-state index contributed by atoms with van der Waals surface area (Å²) in [5, 5.41) is 0. The van der Waals surface area contributed by atoms with Crippen LogP contribution < -0.4 is 5.73 Å². The summed E-state index contributed by atoms with van der Waals surface area (Å²) in [6.07, 6.45) is 0. The number of nitrogens with two attached hydrogens (primary N) is 1. The zero-order valence-corrected chi connectivity index (χ0v) is 9.12. The fourth-order valence-electron chi connectivity index (χ4n) is 0.544. The zero-order valence-electron chi connectivity index (χ0n) is 5.96. The number of sulfone groups is 1. The Morgan fingerprint density at radius 2 is 2.09 bits per heavy atom. The quantitative estimate of drug-likeness (QED) is 0.730. The molecule has 0 aromatic rings. The highest BCUT2D eigenvalue weighted by Crippen LogP contribution is 2.03. The van der Waals surface area contributed by atoms with Gasteiger partial charge in [-0.15, -0.1) is 11.6 Å². The molecule has 1 unspecified atom stereocenters. The first-order chi connectivity index (χ1) is 5.02. The monoisotopic (exact) mass is 263 g/mol. The van der Waals surface area contributed by atoms with E-state index in [9.17, 15) is 8.42 Å². The first-order valence-corrected chi connectivity index (χ1v) is 6.39. The summed E-state index contributed by atoms with van der Waals surface area (Å²) in [7, 11) is -3.00. The second-order valence-corrected chi connectivity index (χ2v) is 6.04. The maximum atomic E-state index is 11.0. The maximum Gasteiger partial charge on any atom is 0.152 e. The van der Waals surface area contributed by atoms with E-state index in [1.165, 1.54) is 0 Å². The lowest BCUT2D eigenvalue weighted by Crippen LogP contribution is -2.25. The predicted octanol–water partition coefficient (Wildman–Crippen LogP) is 0.362. The van der Waals surface area contributed by atoms with Crippen LogP contribution in [0.25, 0.3) is 0 Å². The lowest BCUT2D eigenvalue weighted by atomic mass is 10.5. The molecule has 1 atom stereocenters. The van der Waals surface area contributed by atoms with Gasteiger partial charge in [0.25, 0.3) is 0 Å². The van der Waals surface area contributed by atoms with Gasteiger partial charge in [0.15, 0.2) is 9.84 Å². The Morgan fingerprint density at radius 1 is 1.55 bits per heavy atom. The summed E-state index contributed by atoms with van der Waals surface area (Å²) in [5.41, 5.74) is 5.23. The highest BCUT2D eigenvalue weighted by Gasteiger charge is 2.14. The van der Waals surface area contributed by atoms with Crippen molar-refractivity contribution in [3.63, 3.8) is 0 Å². The third-order valence-corrected chi connectivity index (χ3v) is 4.35. The Labute approximate surface area is 80.3 Å². The van der Waals surface area contributed by atoms with Gasteiger partial charge >= 0.3 is 0 Å². The molecule has 0 aromatic carbocycles. The molecule has 3 nitrogen and oxygen atoms in total. The van der Waals surface area contributed by atoms with E-state index in [2.05, 4.69) is 15.9 Å².